The highest BCUT2D eigenvalue weighted by atomic mass is 127. The molecular weight excluding hydrogens is 507 g/mol. The Bertz CT molecular complexity index is 775. The minimum atomic E-state index is 0. The average Bonchev–Trinajstić information content (AvgIpc) is 3.21. The summed E-state index contributed by atoms with van der Waals surface area (Å²) in [7, 11) is 0. The highest BCUT2D eigenvalue weighted by Gasteiger charge is 2.13. The lowest BCUT2D eigenvalue weighted by atomic mass is 10.0. The Morgan fingerprint density at radius 2 is 2.10 bits per heavy atom. The molecule has 1 aliphatic rings. The Hall–Kier alpha value is -1.72. The number of pyridine rings is 1. The number of guanidine groups is 1. The van der Waals surface area contributed by atoms with Gasteiger partial charge in [0.2, 0.25) is 0 Å². The molecule has 3 rings (SSSR count). The normalized spacial score (nSPS) is 14.8. The second kappa shape index (κ2) is 14.4. The summed E-state index contributed by atoms with van der Waals surface area (Å²) in [6.07, 6.45) is 8.75. The van der Waals surface area contributed by atoms with Gasteiger partial charge in [-0.2, -0.15) is 0 Å². The van der Waals surface area contributed by atoms with E-state index < -0.39 is 0 Å². The maximum atomic E-state index is 5.82. The number of aromatic nitrogens is 3. The van der Waals surface area contributed by atoms with Crippen LogP contribution >= 0.6 is 24.0 Å². The van der Waals surface area contributed by atoms with E-state index in [1.54, 1.807) is 6.20 Å². The van der Waals surface area contributed by atoms with E-state index in [9.17, 15) is 0 Å². The van der Waals surface area contributed by atoms with E-state index in [-0.39, 0.29) is 24.0 Å². The summed E-state index contributed by atoms with van der Waals surface area (Å²) in [5.41, 5.74) is 1.06. The molecule has 0 spiro atoms. The second-order valence-corrected chi connectivity index (χ2v) is 7.48. The van der Waals surface area contributed by atoms with Crippen molar-refractivity contribution in [1.29, 1.82) is 0 Å². The topological polar surface area (TPSA) is 85.6 Å². The van der Waals surface area contributed by atoms with Crippen LogP contribution in [0.15, 0.2) is 35.7 Å². The van der Waals surface area contributed by atoms with Crippen LogP contribution in [0.25, 0.3) is 5.82 Å². The molecule has 2 aromatic rings. The number of ether oxygens (including phenoxy) is 2. The average molecular weight is 542 g/mol. The third-order valence-electron chi connectivity index (χ3n) is 5.10. The molecule has 0 aromatic carbocycles. The first-order valence-corrected chi connectivity index (χ1v) is 10.9. The summed E-state index contributed by atoms with van der Waals surface area (Å²) in [5, 5.41) is 6.66. The maximum Gasteiger partial charge on any atom is 0.191 e. The summed E-state index contributed by atoms with van der Waals surface area (Å²) in [6, 6.07) is 4.05. The Balaban J connectivity index is 0.00000341. The van der Waals surface area contributed by atoms with Crippen LogP contribution in [0.3, 0.4) is 0 Å². The van der Waals surface area contributed by atoms with E-state index >= 15 is 0 Å². The molecule has 8 nitrogen and oxygen atoms in total. The van der Waals surface area contributed by atoms with Gasteiger partial charge in [0.25, 0.3) is 0 Å². The number of aliphatic imine (C=N–C) groups is 1. The van der Waals surface area contributed by atoms with Crippen molar-refractivity contribution in [3.8, 4) is 5.82 Å². The first-order chi connectivity index (χ1) is 14.8. The zero-order valence-corrected chi connectivity index (χ0v) is 20.9. The van der Waals surface area contributed by atoms with Crippen LogP contribution < -0.4 is 10.6 Å². The van der Waals surface area contributed by atoms with Crippen molar-refractivity contribution in [2.75, 3.05) is 39.5 Å². The Labute approximate surface area is 202 Å². The second-order valence-electron chi connectivity index (χ2n) is 7.48. The lowest BCUT2D eigenvalue weighted by molar-refractivity contribution is 0.0203. The number of rotatable bonds is 10. The summed E-state index contributed by atoms with van der Waals surface area (Å²) in [4.78, 5) is 13.4. The molecule has 0 amide bonds. The number of nitrogens with one attached hydrogen (secondary N) is 2. The van der Waals surface area contributed by atoms with Crippen LogP contribution in [0, 0.1) is 12.8 Å². The van der Waals surface area contributed by atoms with Crippen molar-refractivity contribution >= 4 is 29.9 Å². The van der Waals surface area contributed by atoms with Gasteiger partial charge in [0.1, 0.15) is 11.6 Å². The predicted molar refractivity (Wildman–Crippen MR) is 133 cm³/mol. The zero-order chi connectivity index (χ0) is 21.0. The Morgan fingerprint density at radius 3 is 2.77 bits per heavy atom. The fraction of sp³-hybridized carbons (Fsp3) is 0.591. The molecule has 0 unspecified atom stereocenters. The largest absolute Gasteiger partial charge is 0.381 e. The van der Waals surface area contributed by atoms with Crippen molar-refractivity contribution in [2.45, 2.75) is 39.7 Å². The molecule has 2 N–H and O–H groups in total. The van der Waals surface area contributed by atoms with Crippen LogP contribution in [0.2, 0.25) is 0 Å². The number of aryl methyl sites for hydroxylation is 1. The minimum absolute atomic E-state index is 0. The number of imidazole rings is 1. The van der Waals surface area contributed by atoms with Gasteiger partial charge in [0, 0.05) is 58.1 Å². The van der Waals surface area contributed by atoms with Gasteiger partial charge in [-0.3, -0.25) is 4.57 Å². The Kier molecular flexibility index (Phi) is 11.8. The maximum absolute atomic E-state index is 5.82. The fourth-order valence-corrected chi connectivity index (χ4v) is 3.33. The lowest BCUT2D eigenvalue weighted by Crippen LogP contribution is -2.38. The van der Waals surface area contributed by atoms with Crippen molar-refractivity contribution in [3.63, 3.8) is 0 Å². The summed E-state index contributed by atoms with van der Waals surface area (Å²) < 4.78 is 13.2. The molecule has 1 aliphatic heterocycles. The number of hydrogen-bond donors (Lipinski definition) is 2. The van der Waals surface area contributed by atoms with E-state index in [0.717, 1.165) is 81.9 Å². The van der Waals surface area contributed by atoms with Crippen LogP contribution in [-0.4, -0.2) is 60.0 Å². The fourth-order valence-electron chi connectivity index (χ4n) is 3.33. The van der Waals surface area contributed by atoms with Gasteiger partial charge in [-0.15, -0.1) is 24.0 Å². The standard InChI is InChI=1S/C22H34N6O2.HI/c1-3-23-22(25-9-4-12-30-17-19-7-13-29-14-8-19)27-16-20-5-6-21(26-15-20)28-11-10-24-18(28)2;/h5-6,10-11,15,19H,3-4,7-9,12-14,16-17H2,1-2H3,(H2,23,25,27);1H. The van der Waals surface area contributed by atoms with Crippen LogP contribution in [-0.2, 0) is 16.0 Å². The molecule has 1 saturated heterocycles. The molecule has 0 saturated carbocycles. The van der Waals surface area contributed by atoms with E-state index in [1.165, 1.54) is 0 Å². The van der Waals surface area contributed by atoms with E-state index in [1.807, 2.05) is 30.0 Å². The van der Waals surface area contributed by atoms with Gasteiger partial charge >= 0.3 is 0 Å². The molecule has 0 bridgehead atoms. The van der Waals surface area contributed by atoms with Crippen LogP contribution in [0.4, 0.5) is 0 Å². The summed E-state index contributed by atoms with van der Waals surface area (Å²) in [5.74, 6) is 3.26. The van der Waals surface area contributed by atoms with Gasteiger partial charge in [-0.05, 0) is 50.7 Å². The van der Waals surface area contributed by atoms with Gasteiger partial charge in [-0.25, -0.2) is 15.0 Å². The molecular formula is C22H35IN6O2. The van der Waals surface area contributed by atoms with Gasteiger partial charge < -0.3 is 20.1 Å². The predicted octanol–water partition coefficient (Wildman–Crippen LogP) is 3.08. The lowest BCUT2D eigenvalue weighted by Gasteiger charge is -2.21. The molecule has 2 aromatic heterocycles. The monoisotopic (exact) mass is 542 g/mol. The third kappa shape index (κ3) is 8.74. The molecule has 31 heavy (non-hydrogen) atoms. The smallest absolute Gasteiger partial charge is 0.191 e. The first-order valence-electron chi connectivity index (χ1n) is 10.9. The molecule has 9 heteroatoms. The SMILES string of the molecule is CCNC(=NCc1ccc(-n2ccnc2C)nc1)NCCCOCC1CCOCC1.I. The number of nitrogens with zero attached hydrogens (tertiary/aromatic N) is 4. The van der Waals surface area contributed by atoms with Crippen molar-refractivity contribution < 1.29 is 9.47 Å². The quantitative estimate of drug-likeness (QED) is 0.208. The molecule has 3 heterocycles. The summed E-state index contributed by atoms with van der Waals surface area (Å²) in [6.45, 7) is 9.62. The highest BCUT2D eigenvalue weighted by Crippen LogP contribution is 2.14. The minimum Gasteiger partial charge on any atom is -0.381 e. The molecule has 0 atom stereocenters. The molecule has 0 radical (unpaired) electrons. The van der Waals surface area contributed by atoms with Crippen LogP contribution in [0.5, 0.6) is 0 Å². The number of hydrogen-bond acceptors (Lipinski definition) is 5. The van der Waals surface area contributed by atoms with E-state index in [2.05, 4.69) is 38.6 Å². The highest BCUT2D eigenvalue weighted by molar-refractivity contribution is 14.0. The van der Waals surface area contributed by atoms with Crippen molar-refractivity contribution in [3.05, 3.63) is 42.1 Å². The Morgan fingerprint density at radius 1 is 1.26 bits per heavy atom. The van der Waals surface area contributed by atoms with E-state index in [0.29, 0.717) is 12.5 Å². The van der Waals surface area contributed by atoms with Crippen LogP contribution in [0.1, 0.15) is 37.6 Å². The van der Waals surface area contributed by atoms with Crippen molar-refractivity contribution in [2.24, 2.45) is 10.9 Å². The summed E-state index contributed by atoms with van der Waals surface area (Å²) >= 11 is 0. The van der Waals surface area contributed by atoms with Gasteiger partial charge in [-0.1, -0.05) is 6.07 Å². The molecule has 0 aliphatic carbocycles. The molecule has 172 valence electrons. The van der Waals surface area contributed by atoms with Gasteiger partial charge in [0.15, 0.2) is 5.96 Å². The zero-order valence-electron chi connectivity index (χ0n) is 18.5. The first kappa shape index (κ1) is 25.5. The van der Waals surface area contributed by atoms with Crippen molar-refractivity contribution in [1.82, 2.24) is 25.2 Å². The van der Waals surface area contributed by atoms with E-state index in [4.69, 9.17) is 9.47 Å². The third-order valence-corrected chi connectivity index (χ3v) is 5.10. The number of halogens is 1. The van der Waals surface area contributed by atoms with Gasteiger partial charge in [0.05, 0.1) is 6.54 Å². The molecule has 1 fully saturated rings.